The number of hydrogen-bond acceptors (Lipinski definition) is 2. The molecule has 0 N–H and O–H groups in total. The number of esters is 1. The van der Waals surface area contributed by atoms with Gasteiger partial charge in [0.1, 0.15) is 29.0 Å². The number of allylic oxidation sites excluding steroid dienone is 2. The van der Waals surface area contributed by atoms with Crippen molar-refractivity contribution in [2.45, 2.75) is 70.1 Å². The molecule has 2 aliphatic rings. The maximum atomic E-state index is 15.1. The highest BCUT2D eigenvalue weighted by Crippen LogP contribution is 2.49. The van der Waals surface area contributed by atoms with Crippen LogP contribution >= 0.6 is 0 Å². The van der Waals surface area contributed by atoms with Crippen LogP contribution in [0.1, 0.15) is 85.2 Å². The van der Waals surface area contributed by atoms with Crippen LogP contribution in [0, 0.1) is 41.0 Å². The van der Waals surface area contributed by atoms with Crippen LogP contribution in [0.25, 0.3) is 0 Å². The van der Waals surface area contributed by atoms with Gasteiger partial charge >= 0.3 is 5.97 Å². The van der Waals surface area contributed by atoms with Gasteiger partial charge in [-0.15, -0.1) is 13.2 Å². The van der Waals surface area contributed by atoms with Gasteiger partial charge in [0.15, 0.2) is 0 Å². The minimum atomic E-state index is -1.08. The summed E-state index contributed by atoms with van der Waals surface area (Å²) >= 11 is 0. The first-order valence-electron chi connectivity index (χ1n) is 13.2. The monoisotopic (exact) mass is 514 g/mol. The zero-order chi connectivity index (χ0) is 26.5. The van der Waals surface area contributed by atoms with Crippen LogP contribution in [0.3, 0.4) is 0 Å². The minimum absolute atomic E-state index is 0.0208. The van der Waals surface area contributed by atoms with E-state index in [-0.39, 0.29) is 34.8 Å². The maximum absolute atomic E-state index is 15.1. The number of rotatable bonds is 9. The molecule has 2 aliphatic carbocycles. The van der Waals surface area contributed by atoms with Crippen molar-refractivity contribution in [2.75, 3.05) is 0 Å². The Morgan fingerprint density at radius 2 is 1.46 bits per heavy atom. The first kappa shape index (κ1) is 27.2. The van der Waals surface area contributed by atoms with Crippen LogP contribution in [0.5, 0.6) is 5.75 Å². The number of ether oxygens (including phenoxy) is 1. The Morgan fingerprint density at radius 1 is 0.838 bits per heavy atom. The molecule has 0 heterocycles. The van der Waals surface area contributed by atoms with Gasteiger partial charge in [0, 0.05) is 23.3 Å². The maximum Gasteiger partial charge on any atom is 0.343 e. The van der Waals surface area contributed by atoms with Crippen LogP contribution in [0.15, 0.2) is 49.6 Å². The topological polar surface area (TPSA) is 26.3 Å². The molecule has 2 aromatic rings. The number of hydrogen-bond donors (Lipinski definition) is 0. The summed E-state index contributed by atoms with van der Waals surface area (Å²) in [5, 5.41) is 0. The molecule has 0 bridgehead atoms. The first-order chi connectivity index (χ1) is 17.8. The summed E-state index contributed by atoms with van der Waals surface area (Å²) in [5.41, 5.74) is -0.458. The fraction of sp³-hybridized carbons (Fsp3) is 0.452. The lowest BCUT2D eigenvalue weighted by atomic mass is 9.63. The third-order valence-electron chi connectivity index (χ3n) is 8.15. The van der Waals surface area contributed by atoms with E-state index < -0.39 is 29.2 Å². The molecule has 6 heteroatoms. The average molecular weight is 515 g/mol. The highest BCUT2D eigenvalue weighted by molar-refractivity contribution is 5.91. The normalized spacial score (nSPS) is 23.2. The van der Waals surface area contributed by atoms with Crippen molar-refractivity contribution in [3.05, 3.63) is 89.5 Å². The molecule has 0 radical (unpaired) electrons. The van der Waals surface area contributed by atoms with Crippen molar-refractivity contribution in [3.63, 3.8) is 0 Å². The summed E-state index contributed by atoms with van der Waals surface area (Å²) in [6, 6.07) is 3.71. The zero-order valence-electron chi connectivity index (χ0n) is 21.1. The number of benzene rings is 2. The molecular weight excluding hydrogens is 480 g/mol. The van der Waals surface area contributed by atoms with E-state index in [9.17, 15) is 13.6 Å². The third kappa shape index (κ3) is 6.34. The average Bonchev–Trinajstić information content (AvgIpc) is 2.86. The van der Waals surface area contributed by atoms with Gasteiger partial charge in [-0.1, -0.05) is 18.6 Å². The van der Waals surface area contributed by atoms with Gasteiger partial charge in [0.2, 0.25) is 0 Å². The van der Waals surface area contributed by atoms with E-state index in [1.54, 1.807) is 6.08 Å². The molecule has 0 spiro atoms. The zero-order valence-corrected chi connectivity index (χ0v) is 21.1. The molecule has 2 aromatic carbocycles. The molecule has 2 fully saturated rings. The second-order valence-electron chi connectivity index (χ2n) is 10.5. The van der Waals surface area contributed by atoms with E-state index in [4.69, 9.17) is 4.74 Å². The van der Waals surface area contributed by atoms with E-state index in [1.807, 2.05) is 6.08 Å². The first-order valence-corrected chi connectivity index (χ1v) is 13.2. The number of carbonyl (C=O) groups excluding carboxylic acids is 1. The lowest BCUT2D eigenvalue weighted by Gasteiger charge is -2.42. The smallest absolute Gasteiger partial charge is 0.343 e. The van der Waals surface area contributed by atoms with Crippen molar-refractivity contribution < 1.29 is 27.1 Å². The SMILES string of the molecule is C=CCCc1c(F)cc(OC(=O)c2cc(F)c(C3CCC4CC(CCC=C)CCC4C3)c(F)c2)cc1F. The molecule has 4 rings (SSSR count). The second-order valence-corrected chi connectivity index (χ2v) is 10.5. The van der Waals surface area contributed by atoms with Crippen molar-refractivity contribution >= 4 is 5.97 Å². The Kier molecular flexibility index (Phi) is 8.88. The Labute approximate surface area is 216 Å². The van der Waals surface area contributed by atoms with E-state index in [1.165, 1.54) is 6.42 Å². The third-order valence-corrected chi connectivity index (χ3v) is 8.15. The highest BCUT2D eigenvalue weighted by Gasteiger charge is 2.37. The van der Waals surface area contributed by atoms with Gasteiger partial charge in [-0.25, -0.2) is 22.4 Å². The molecular formula is C31H34F4O2. The van der Waals surface area contributed by atoms with Gasteiger partial charge in [-0.3, -0.25) is 0 Å². The van der Waals surface area contributed by atoms with Crippen LogP contribution in [-0.4, -0.2) is 5.97 Å². The lowest BCUT2D eigenvalue weighted by Crippen LogP contribution is -2.31. The van der Waals surface area contributed by atoms with Crippen molar-refractivity contribution in [3.8, 4) is 5.75 Å². The number of halogens is 4. The van der Waals surface area contributed by atoms with Crippen molar-refractivity contribution in [1.82, 2.24) is 0 Å². The summed E-state index contributed by atoms with van der Waals surface area (Å²) in [4.78, 5) is 12.6. The van der Waals surface area contributed by atoms with Crippen molar-refractivity contribution in [2.24, 2.45) is 17.8 Å². The molecule has 198 valence electrons. The van der Waals surface area contributed by atoms with E-state index in [2.05, 4.69) is 13.2 Å². The van der Waals surface area contributed by atoms with Crippen LogP contribution in [-0.2, 0) is 6.42 Å². The molecule has 2 saturated carbocycles. The number of fused-ring (bicyclic) bond motifs is 1. The lowest BCUT2D eigenvalue weighted by molar-refractivity contribution is 0.0732. The molecule has 0 amide bonds. The van der Waals surface area contributed by atoms with Gasteiger partial charge < -0.3 is 4.74 Å². The quantitative estimate of drug-likeness (QED) is 0.145. The molecule has 4 unspecified atom stereocenters. The standard InChI is InChI=1S/C31H34F4O2/c1-3-5-7-19-9-10-21-14-22(12-11-20(21)13-19)30-28(34)15-23(16-29(30)35)31(36)37-24-17-26(32)25(8-6-4-2)27(33)18-24/h3-4,15-22H,1-2,5-14H2. The van der Waals surface area contributed by atoms with Crippen molar-refractivity contribution in [1.29, 1.82) is 0 Å². The largest absolute Gasteiger partial charge is 0.423 e. The predicted octanol–water partition coefficient (Wildman–Crippen LogP) is 8.85. The summed E-state index contributed by atoms with van der Waals surface area (Å²) in [5.74, 6) is -3.20. The molecule has 37 heavy (non-hydrogen) atoms. The molecule has 0 aromatic heterocycles. The molecule has 0 saturated heterocycles. The minimum Gasteiger partial charge on any atom is -0.423 e. The van der Waals surface area contributed by atoms with Crippen LogP contribution in [0.4, 0.5) is 17.6 Å². The van der Waals surface area contributed by atoms with Gasteiger partial charge in [0.25, 0.3) is 0 Å². The Morgan fingerprint density at radius 3 is 2.11 bits per heavy atom. The van der Waals surface area contributed by atoms with Gasteiger partial charge in [-0.05, 0) is 93.6 Å². The highest BCUT2D eigenvalue weighted by atomic mass is 19.1. The summed E-state index contributed by atoms with van der Waals surface area (Å²) < 4.78 is 63.9. The van der Waals surface area contributed by atoms with Gasteiger partial charge in [-0.2, -0.15) is 0 Å². The number of carbonyl (C=O) groups is 1. The summed E-state index contributed by atoms with van der Waals surface area (Å²) in [6.45, 7) is 7.34. The molecule has 2 nitrogen and oxygen atoms in total. The Hall–Kier alpha value is -2.89. The molecule has 0 aliphatic heterocycles. The van der Waals surface area contributed by atoms with E-state index in [0.29, 0.717) is 30.6 Å². The fourth-order valence-corrected chi connectivity index (χ4v) is 6.25. The summed E-state index contributed by atoms with van der Waals surface area (Å²) in [7, 11) is 0. The summed E-state index contributed by atoms with van der Waals surface area (Å²) in [6.07, 6.45) is 12.0. The second kappa shape index (κ2) is 12.1. The van der Waals surface area contributed by atoms with Gasteiger partial charge in [0.05, 0.1) is 5.56 Å². The van der Waals surface area contributed by atoms with E-state index in [0.717, 1.165) is 62.8 Å². The Balaban J connectivity index is 1.43. The Bertz CT molecular complexity index is 1110. The van der Waals surface area contributed by atoms with Crippen LogP contribution < -0.4 is 4.74 Å². The fourth-order valence-electron chi connectivity index (χ4n) is 6.25. The van der Waals surface area contributed by atoms with E-state index >= 15 is 8.78 Å². The molecule has 4 atom stereocenters. The predicted molar refractivity (Wildman–Crippen MR) is 137 cm³/mol. The van der Waals surface area contributed by atoms with Crippen LogP contribution in [0.2, 0.25) is 0 Å².